The summed E-state index contributed by atoms with van der Waals surface area (Å²) in [6.07, 6.45) is 2.65. The fourth-order valence-electron chi connectivity index (χ4n) is 2.93. The highest BCUT2D eigenvalue weighted by Crippen LogP contribution is 2.47. The molecule has 0 radical (unpaired) electrons. The van der Waals surface area contributed by atoms with E-state index in [9.17, 15) is 4.79 Å². The Kier molecular flexibility index (Phi) is 4.31. The van der Waals surface area contributed by atoms with E-state index in [1.54, 1.807) is 7.11 Å². The molecule has 0 bridgehead atoms. The van der Waals surface area contributed by atoms with Gasteiger partial charge in [-0.1, -0.05) is 35.5 Å². The van der Waals surface area contributed by atoms with Crippen LogP contribution in [0, 0.1) is 0 Å². The monoisotopic (exact) mass is 349 g/mol. The SMILES string of the molecule is COCOc1ccc(-c2cccc(-c3cc(C4(C=O)CC4)on3)c2)cc1. The molecular formula is C21H19NO4. The quantitative estimate of drug-likeness (QED) is 0.472. The van der Waals surface area contributed by atoms with Crippen molar-refractivity contribution in [1.29, 1.82) is 0 Å². The van der Waals surface area contributed by atoms with Gasteiger partial charge in [-0.2, -0.15) is 0 Å². The lowest BCUT2D eigenvalue weighted by molar-refractivity contribution is -0.110. The van der Waals surface area contributed by atoms with E-state index in [1.165, 1.54) is 0 Å². The van der Waals surface area contributed by atoms with Crippen LogP contribution in [0.2, 0.25) is 0 Å². The first kappa shape index (κ1) is 16.5. The van der Waals surface area contributed by atoms with E-state index in [0.29, 0.717) is 5.76 Å². The van der Waals surface area contributed by atoms with Crippen LogP contribution in [0.15, 0.2) is 59.1 Å². The van der Waals surface area contributed by atoms with Crippen LogP contribution in [0.3, 0.4) is 0 Å². The minimum Gasteiger partial charge on any atom is -0.468 e. The van der Waals surface area contributed by atoms with Crippen molar-refractivity contribution >= 4 is 6.29 Å². The number of ether oxygens (including phenoxy) is 2. The second-order valence-electron chi connectivity index (χ2n) is 6.51. The van der Waals surface area contributed by atoms with Gasteiger partial charge in [0.1, 0.15) is 17.7 Å². The van der Waals surface area contributed by atoms with E-state index >= 15 is 0 Å². The van der Waals surface area contributed by atoms with Crippen molar-refractivity contribution in [2.45, 2.75) is 18.3 Å². The minimum absolute atomic E-state index is 0.228. The smallest absolute Gasteiger partial charge is 0.188 e. The molecule has 0 amide bonds. The van der Waals surface area contributed by atoms with Crippen molar-refractivity contribution in [3.8, 4) is 28.1 Å². The summed E-state index contributed by atoms with van der Waals surface area (Å²) >= 11 is 0. The number of nitrogens with zero attached hydrogens (tertiary/aromatic N) is 1. The lowest BCUT2D eigenvalue weighted by Gasteiger charge is -2.07. The van der Waals surface area contributed by atoms with E-state index in [2.05, 4.69) is 11.2 Å². The molecular weight excluding hydrogens is 330 g/mol. The van der Waals surface area contributed by atoms with E-state index in [1.807, 2.05) is 48.5 Å². The van der Waals surface area contributed by atoms with Gasteiger partial charge in [0.2, 0.25) is 0 Å². The fourth-order valence-corrected chi connectivity index (χ4v) is 2.93. The number of aldehydes is 1. The zero-order valence-corrected chi connectivity index (χ0v) is 14.5. The number of aromatic nitrogens is 1. The summed E-state index contributed by atoms with van der Waals surface area (Å²) < 4.78 is 15.7. The Bertz CT molecular complexity index is 910. The first-order valence-electron chi connectivity index (χ1n) is 8.50. The topological polar surface area (TPSA) is 61.6 Å². The van der Waals surface area contributed by atoms with Crippen molar-refractivity contribution in [3.63, 3.8) is 0 Å². The second kappa shape index (κ2) is 6.77. The third-order valence-electron chi connectivity index (χ3n) is 4.70. The largest absolute Gasteiger partial charge is 0.468 e. The maximum absolute atomic E-state index is 11.3. The zero-order chi connectivity index (χ0) is 18.0. The predicted molar refractivity (Wildman–Crippen MR) is 96.9 cm³/mol. The first-order valence-corrected chi connectivity index (χ1v) is 8.50. The van der Waals surface area contributed by atoms with Crippen molar-refractivity contribution < 1.29 is 18.8 Å². The molecule has 0 saturated heterocycles. The van der Waals surface area contributed by atoms with Crippen LogP contribution in [-0.4, -0.2) is 25.3 Å². The lowest BCUT2D eigenvalue weighted by Crippen LogP contribution is -2.05. The molecule has 5 heteroatoms. The van der Waals surface area contributed by atoms with Crippen LogP contribution >= 0.6 is 0 Å². The van der Waals surface area contributed by atoms with Gasteiger partial charge in [0.25, 0.3) is 0 Å². The Hall–Kier alpha value is -2.92. The number of carbonyl (C=O) groups is 1. The molecule has 1 saturated carbocycles. The summed E-state index contributed by atoms with van der Waals surface area (Å²) in [4.78, 5) is 11.3. The highest BCUT2D eigenvalue weighted by Gasteiger charge is 2.48. The van der Waals surface area contributed by atoms with E-state index in [0.717, 1.165) is 47.3 Å². The molecule has 2 aromatic carbocycles. The Morgan fingerprint density at radius 3 is 2.54 bits per heavy atom. The average Bonchev–Trinajstić information content (AvgIpc) is 3.34. The van der Waals surface area contributed by atoms with Crippen LogP contribution in [0.1, 0.15) is 18.6 Å². The number of hydrogen-bond donors (Lipinski definition) is 0. The van der Waals surface area contributed by atoms with Crippen molar-refractivity contribution in [2.75, 3.05) is 13.9 Å². The molecule has 1 aliphatic carbocycles. The molecule has 0 aliphatic heterocycles. The molecule has 5 nitrogen and oxygen atoms in total. The van der Waals surface area contributed by atoms with E-state index in [-0.39, 0.29) is 6.79 Å². The number of benzene rings is 2. The summed E-state index contributed by atoms with van der Waals surface area (Å²) in [6, 6.07) is 17.8. The normalized spacial score (nSPS) is 14.8. The number of rotatable bonds is 7. The third kappa shape index (κ3) is 3.13. The Morgan fingerprint density at radius 1 is 1.08 bits per heavy atom. The van der Waals surface area contributed by atoms with E-state index < -0.39 is 5.41 Å². The van der Waals surface area contributed by atoms with Gasteiger partial charge in [-0.05, 0) is 42.2 Å². The van der Waals surface area contributed by atoms with Crippen LogP contribution in [0.25, 0.3) is 22.4 Å². The molecule has 0 spiro atoms. The van der Waals surface area contributed by atoms with Crippen LogP contribution < -0.4 is 4.74 Å². The molecule has 132 valence electrons. The van der Waals surface area contributed by atoms with Gasteiger partial charge in [0.15, 0.2) is 12.6 Å². The molecule has 0 unspecified atom stereocenters. The average molecular weight is 349 g/mol. The highest BCUT2D eigenvalue weighted by atomic mass is 16.7. The van der Waals surface area contributed by atoms with Crippen LogP contribution in [0.5, 0.6) is 5.75 Å². The Balaban J connectivity index is 1.58. The molecule has 3 aromatic rings. The molecule has 0 atom stereocenters. The highest BCUT2D eigenvalue weighted by molar-refractivity contribution is 5.74. The lowest BCUT2D eigenvalue weighted by atomic mass is 10.0. The van der Waals surface area contributed by atoms with Gasteiger partial charge < -0.3 is 18.8 Å². The number of hydrogen-bond acceptors (Lipinski definition) is 5. The Labute approximate surface area is 151 Å². The van der Waals surface area contributed by atoms with Gasteiger partial charge in [-0.25, -0.2) is 0 Å². The fraction of sp³-hybridized carbons (Fsp3) is 0.238. The molecule has 4 rings (SSSR count). The molecule has 0 N–H and O–H groups in total. The third-order valence-corrected chi connectivity index (χ3v) is 4.70. The van der Waals surface area contributed by atoms with Crippen molar-refractivity contribution in [1.82, 2.24) is 5.16 Å². The van der Waals surface area contributed by atoms with Gasteiger partial charge >= 0.3 is 0 Å². The summed E-state index contributed by atoms with van der Waals surface area (Å²) in [7, 11) is 1.59. The van der Waals surface area contributed by atoms with E-state index in [4.69, 9.17) is 14.0 Å². The van der Waals surface area contributed by atoms with Crippen LogP contribution in [0.4, 0.5) is 0 Å². The first-order chi connectivity index (χ1) is 12.7. The van der Waals surface area contributed by atoms with Crippen molar-refractivity contribution in [2.24, 2.45) is 0 Å². The number of carbonyl (C=O) groups excluding carboxylic acids is 1. The van der Waals surface area contributed by atoms with Gasteiger partial charge in [-0.3, -0.25) is 0 Å². The van der Waals surface area contributed by atoms with Crippen molar-refractivity contribution in [3.05, 3.63) is 60.4 Å². The van der Waals surface area contributed by atoms with Gasteiger partial charge in [-0.15, -0.1) is 0 Å². The van der Waals surface area contributed by atoms with Gasteiger partial charge in [0, 0.05) is 18.7 Å². The summed E-state index contributed by atoms with van der Waals surface area (Å²) in [5, 5.41) is 4.16. The second-order valence-corrected chi connectivity index (χ2v) is 6.51. The number of methoxy groups -OCH3 is 1. The standard InChI is InChI=1S/C21H19NO4/c1-24-14-25-18-7-5-15(6-8-18)16-3-2-4-17(11-16)19-12-20(26-22-19)21(13-23)9-10-21/h2-8,11-13H,9-10,14H2,1H3. The molecule has 26 heavy (non-hydrogen) atoms. The maximum atomic E-state index is 11.3. The van der Waals surface area contributed by atoms with Gasteiger partial charge in [0.05, 0.1) is 5.41 Å². The van der Waals surface area contributed by atoms with Crippen LogP contribution in [-0.2, 0) is 14.9 Å². The predicted octanol–water partition coefficient (Wildman–Crippen LogP) is 4.22. The maximum Gasteiger partial charge on any atom is 0.188 e. The molecule has 1 aliphatic rings. The summed E-state index contributed by atoms with van der Waals surface area (Å²) in [5.41, 5.74) is 3.41. The molecule has 1 aromatic heterocycles. The summed E-state index contributed by atoms with van der Waals surface area (Å²) in [6.45, 7) is 0.228. The zero-order valence-electron chi connectivity index (χ0n) is 14.5. The molecule has 1 fully saturated rings. The summed E-state index contributed by atoms with van der Waals surface area (Å²) in [5.74, 6) is 1.42. The minimum atomic E-state index is -0.444. The molecule has 1 heterocycles. The Morgan fingerprint density at radius 2 is 1.85 bits per heavy atom.